The van der Waals surface area contributed by atoms with E-state index in [4.69, 9.17) is 0 Å². The average molecular weight is 376 g/mol. The van der Waals surface area contributed by atoms with Crippen molar-refractivity contribution in [2.75, 3.05) is 18.4 Å². The summed E-state index contributed by atoms with van der Waals surface area (Å²) in [4.78, 5) is 21.3. The molecule has 0 aromatic carbocycles. The van der Waals surface area contributed by atoms with Crippen molar-refractivity contribution < 1.29 is 18.0 Å². The molecule has 0 unspecified atom stereocenters. The van der Waals surface area contributed by atoms with E-state index in [1.165, 1.54) is 12.1 Å². The SMILES string of the molecule is C=CC(=O)N1CCC(c2cccnc2Nc2ccc(C(F)(F)F)nc2)CC1. The Hall–Kier alpha value is -2.90. The first kappa shape index (κ1) is 18.9. The fourth-order valence-corrected chi connectivity index (χ4v) is 3.16. The maximum atomic E-state index is 12.6. The van der Waals surface area contributed by atoms with Crippen LogP contribution in [0.4, 0.5) is 24.7 Å². The van der Waals surface area contributed by atoms with Crippen LogP contribution in [0.1, 0.15) is 30.0 Å². The molecule has 27 heavy (non-hydrogen) atoms. The summed E-state index contributed by atoms with van der Waals surface area (Å²) in [6, 6.07) is 6.04. The number of rotatable bonds is 4. The Morgan fingerprint density at radius 2 is 1.96 bits per heavy atom. The first-order valence-electron chi connectivity index (χ1n) is 8.55. The van der Waals surface area contributed by atoms with E-state index in [9.17, 15) is 18.0 Å². The van der Waals surface area contributed by atoms with E-state index in [1.807, 2.05) is 12.1 Å². The lowest BCUT2D eigenvalue weighted by atomic mass is 9.89. The van der Waals surface area contributed by atoms with E-state index >= 15 is 0 Å². The van der Waals surface area contributed by atoms with Crippen LogP contribution in [0.25, 0.3) is 0 Å². The van der Waals surface area contributed by atoms with Crippen molar-refractivity contribution in [1.82, 2.24) is 14.9 Å². The third-order valence-corrected chi connectivity index (χ3v) is 4.58. The first-order chi connectivity index (χ1) is 12.9. The van der Waals surface area contributed by atoms with Crippen molar-refractivity contribution in [2.24, 2.45) is 0 Å². The summed E-state index contributed by atoms with van der Waals surface area (Å²) in [6.07, 6.45) is 1.18. The summed E-state index contributed by atoms with van der Waals surface area (Å²) in [6.45, 7) is 4.77. The molecule has 2 aromatic rings. The molecule has 5 nitrogen and oxygen atoms in total. The van der Waals surface area contributed by atoms with Crippen LogP contribution in [0.15, 0.2) is 49.3 Å². The monoisotopic (exact) mass is 376 g/mol. The van der Waals surface area contributed by atoms with Crippen LogP contribution in [-0.2, 0) is 11.0 Å². The number of alkyl halides is 3. The number of pyridine rings is 2. The Labute approximate surface area is 154 Å². The van der Waals surface area contributed by atoms with Crippen LogP contribution in [0, 0.1) is 0 Å². The molecular formula is C19H19F3N4O. The highest BCUT2D eigenvalue weighted by Crippen LogP contribution is 2.33. The van der Waals surface area contributed by atoms with Gasteiger partial charge in [0.1, 0.15) is 11.5 Å². The van der Waals surface area contributed by atoms with Gasteiger partial charge in [-0.2, -0.15) is 13.2 Å². The molecule has 1 fully saturated rings. The van der Waals surface area contributed by atoms with Crippen LogP contribution in [-0.4, -0.2) is 33.9 Å². The third-order valence-electron chi connectivity index (χ3n) is 4.58. The van der Waals surface area contributed by atoms with Gasteiger partial charge in [0.2, 0.25) is 5.91 Å². The van der Waals surface area contributed by atoms with Crippen LogP contribution in [0.3, 0.4) is 0 Å². The van der Waals surface area contributed by atoms with E-state index in [-0.39, 0.29) is 11.8 Å². The summed E-state index contributed by atoms with van der Waals surface area (Å²) in [7, 11) is 0. The summed E-state index contributed by atoms with van der Waals surface area (Å²) in [5, 5.41) is 3.06. The van der Waals surface area contributed by atoms with Crippen molar-refractivity contribution in [3.05, 3.63) is 60.6 Å². The average Bonchev–Trinajstić information content (AvgIpc) is 2.68. The van der Waals surface area contributed by atoms with E-state index in [1.54, 1.807) is 11.1 Å². The molecule has 1 aliphatic rings. The third kappa shape index (κ3) is 4.45. The highest BCUT2D eigenvalue weighted by Gasteiger charge is 2.32. The first-order valence-corrected chi connectivity index (χ1v) is 8.55. The van der Waals surface area contributed by atoms with E-state index < -0.39 is 11.9 Å². The molecule has 0 aliphatic carbocycles. The molecule has 8 heteroatoms. The molecule has 0 atom stereocenters. The lowest BCUT2D eigenvalue weighted by molar-refractivity contribution is -0.141. The highest BCUT2D eigenvalue weighted by molar-refractivity contribution is 5.87. The van der Waals surface area contributed by atoms with Gasteiger partial charge in [-0.3, -0.25) is 4.79 Å². The van der Waals surface area contributed by atoms with Crippen LogP contribution >= 0.6 is 0 Å². The van der Waals surface area contributed by atoms with Gasteiger partial charge < -0.3 is 10.2 Å². The number of hydrogen-bond donors (Lipinski definition) is 1. The molecule has 142 valence electrons. The lowest BCUT2D eigenvalue weighted by Gasteiger charge is -2.32. The Morgan fingerprint density at radius 1 is 1.22 bits per heavy atom. The van der Waals surface area contributed by atoms with Gasteiger partial charge in [0.25, 0.3) is 0 Å². The second-order valence-corrected chi connectivity index (χ2v) is 6.30. The number of amides is 1. The van der Waals surface area contributed by atoms with Crippen molar-refractivity contribution >= 4 is 17.4 Å². The van der Waals surface area contributed by atoms with Gasteiger partial charge in [-0.15, -0.1) is 0 Å². The number of nitrogens with one attached hydrogen (secondary N) is 1. The Bertz CT molecular complexity index is 812. The van der Waals surface area contributed by atoms with Crippen LogP contribution in [0.5, 0.6) is 0 Å². The maximum Gasteiger partial charge on any atom is 0.433 e. The Morgan fingerprint density at radius 3 is 2.56 bits per heavy atom. The highest BCUT2D eigenvalue weighted by atomic mass is 19.4. The van der Waals surface area contributed by atoms with Gasteiger partial charge in [-0.05, 0) is 48.6 Å². The van der Waals surface area contributed by atoms with Gasteiger partial charge >= 0.3 is 6.18 Å². The fraction of sp³-hybridized carbons (Fsp3) is 0.316. The van der Waals surface area contributed by atoms with Crippen molar-refractivity contribution in [2.45, 2.75) is 24.9 Å². The molecule has 1 aliphatic heterocycles. The summed E-state index contributed by atoms with van der Waals surface area (Å²) in [5.41, 5.74) is 0.471. The minimum atomic E-state index is -4.47. The van der Waals surface area contributed by atoms with E-state index in [2.05, 4.69) is 21.9 Å². The van der Waals surface area contributed by atoms with Crippen LogP contribution in [0.2, 0.25) is 0 Å². The van der Waals surface area contributed by atoms with Gasteiger partial charge in [0, 0.05) is 19.3 Å². The summed E-state index contributed by atoms with van der Waals surface area (Å²) >= 11 is 0. The minimum absolute atomic E-state index is 0.0752. The normalized spacial score (nSPS) is 15.4. The topological polar surface area (TPSA) is 58.1 Å². The standard InChI is InChI=1S/C19H19F3N4O/c1-2-17(27)26-10-7-13(8-11-26)15-4-3-9-23-18(15)25-14-5-6-16(24-12-14)19(20,21)22/h2-6,9,12-13H,1,7-8,10-11H2,(H,23,25). The molecule has 3 rings (SSSR count). The second kappa shape index (κ2) is 7.77. The zero-order valence-corrected chi connectivity index (χ0v) is 14.5. The van der Waals surface area contributed by atoms with E-state index in [0.717, 1.165) is 30.7 Å². The number of carbonyl (C=O) groups excluding carboxylic acids is 1. The summed E-state index contributed by atoms with van der Waals surface area (Å²) in [5.74, 6) is 0.721. The summed E-state index contributed by atoms with van der Waals surface area (Å²) < 4.78 is 37.9. The maximum absolute atomic E-state index is 12.6. The number of halogens is 3. The number of hydrogen-bond acceptors (Lipinski definition) is 4. The van der Waals surface area contributed by atoms with Gasteiger partial charge in [0.15, 0.2) is 0 Å². The van der Waals surface area contributed by atoms with Gasteiger partial charge in [0.05, 0.1) is 11.9 Å². The number of aromatic nitrogens is 2. The quantitative estimate of drug-likeness (QED) is 0.815. The molecule has 0 bridgehead atoms. The molecule has 0 saturated carbocycles. The number of anilines is 2. The molecule has 0 spiro atoms. The molecule has 0 radical (unpaired) electrons. The molecule has 3 heterocycles. The van der Waals surface area contributed by atoms with Crippen molar-refractivity contribution in [3.63, 3.8) is 0 Å². The number of carbonyl (C=O) groups is 1. The Balaban J connectivity index is 1.73. The van der Waals surface area contributed by atoms with E-state index in [0.29, 0.717) is 24.6 Å². The van der Waals surface area contributed by atoms with Crippen LogP contribution < -0.4 is 5.32 Å². The molecule has 1 saturated heterocycles. The Kier molecular flexibility index (Phi) is 5.43. The van der Waals surface area contributed by atoms with Crippen molar-refractivity contribution in [1.29, 1.82) is 0 Å². The second-order valence-electron chi connectivity index (χ2n) is 6.30. The molecule has 1 N–H and O–H groups in total. The number of piperidine rings is 1. The lowest BCUT2D eigenvalue weighted by Crippen LogP contribution is -2.36. The number of nitrogens with zero attached hydrogens (tertiary/aromatic N) is 3. The smallest absolute Gasteiger partial charge is 0.339 e. The minimum Gasteiger partial charge on any atom is -0.339 e. The predicted molar refractivity (Wildman–Crippen MR) is 95.5 cm³/mol. The zero-order chi connectivity index (χ0) is 19.4. The van der Waals surface area contributed by atoms with Gasteiger partial charge in [-0.1, -0.05) is 12.6 Å². The fourth-order valence-electron chi connectivity index (χ4n) is 3.16. The molecule has 2 aromatic heterocycles. The van der Waals surface area contributed by atoms with Crippen molar-refractivity contribution in [3.8, 4) is 0 Å². The number of likely N-dealkylation sites (tertiary alicyclic amines) is 1. The predicted octanol–water partition coefficient (Wildman–Crippen LogP) is 4.13. The largest absolute Gasteiger partial charge is 0.433 e. The molecular weight excluding hydrogens is 357 g/mol. The van der Waals surface area contributed by atoms with Gasteiger partial charge in [-0.25, -0.2) is 9.97 Å². The zero-order valence-electron chi connectivity index (χ0n) is 14.5. The molecule has 1 amide bonds.